The number of fused-ring (bicyclic) bond motifs is 1. The number of ether oxygens (including phenoxy) is 1. The van der Waals surface area contributed by atoms with Gasteiger partial charge >= 0.3 is 0 Å². The Kier molecular flexibility index (Phi) is 5.87. The molecule has 0 unspecified atom stereocenters. The van der Waals surface area contributed by atoms with Crippen molar-refractivity contribution in [1.82, 2.24) is 20.5 Å². The van der Waals surface area contributed by atoms with Crippen LogP contribution in [0.1, 0.15) is 35.7 Å². The average Bonchev–Trinajstić information content (AvgIpc) is 3.37. The molecule has 2 aromatic heterocycles. The molecule has 3 N–H and O–H groups in total. The lowest BCUT2D eigenvalue weighted by Gasteiger charge is -2.35. The molecule has 1 aliphatic rings. The van der Waals surface area contributed by atoms with E-state index in [4.69, 9.17) is 4.74 Å². The van der Waals surface area contributed by atoms with E-state index in [2.05, 4.69) is 20.5 Å². The number of carbonyl (C=O) groups is 1. The molecule has 6 nitrogen and oxygen atoms in total. The SMILES string of the molecule is COCc1cc(CNC(=O)C2CC(c3c(-c4ccc(F)cc4)[nH]c4c(F)cc(F)cc34)C2)[nH]n1. The monoisotopic (exact) mass is 468 g/mol. The number of H-pyrrole nitrogens is 2. The number of hydrogen-bond acceptors (Lipinski definition) is 3. The molecular formula is C25H23F3N4O2. The molecule has 0 radical (unpaired) electrons. The van der Waals surface area contributed by atoms with Gasteiger partial charge in [-0.1, -0.05) is 0 Å². The molecule has 0 saturated heterocycles. The van der Waals surface area contributed by atoms with Crippen LogP contribution in [0.4, 0.5) is 13.2 Å². The summed E-state index contributed by atoms with van der Waals surface area (Å²) in [4.78, 5) is 15.7. The summed E-state index contributed by atoms with van der Waals surface area (Å²) in [7, 11) is 1.58. The topological polar surface area (TPSA) is 82.8 Å². The van der Waals surface area contributed by atoms with Gasteiger partial charge in [0.15, 0.2) is 0 Å². The van der Waals surface area contributed by atoms with Crippen LogP contribution in [0.25, 0.3) is 22.2 Å². The van der Waals surface area contributed by atoms with Crippen LogP contribution in [-0.4, -0.2) is 28.2 Å². The van der Waals surface area contributed by atoms with Crippen molar-refractivity contribution in [2.24, 2.45) is 5.92 Å². The molecule has 176 valence electrons. The fourth-order valence-corrected chi connectivity index (χ4v) is 4.62. The number of nitrogens with one attached hydrogen (secondary N) is 3. The van der Waals surface area contributed by atoms with Crippen molar-refractivity contribution in [2.75, 3.05) is 7.11 Å². The number of methoxy groups -OCH3 is 1. The molecule has 2 aromatic carbocycles. The van der Waals surface area contributed by atoms with Gasteiger partial charge in [0, 0.05) is 24.5 Å². The van der Waals surface area contributed by atoms with Crippen LogP contribution in [0.15, 0.2) is 42.5 Å². The highest BCUT2D eigenvalue weighted by Gasteiger charge is 2.38. The highest BCUT2D eigenvalue weighted by atomic mass is 19.1. The predicted octanol–water partition coefficient (Wildman–Crippen LogP) is 4.93. The minimum absolute atomic E-state index is 0.0637. The first-order chi connectivity index (χ1) is 16.4. The summed E-state index contributed by atoms with van der Waals surface area (Å²) >= 11 is 0. The average molecular weight is 468 g/mol. The van der Waals surface area contributed by atoms with E-state index in [1.54, 1.807) is 19.2 Å². The Labute approximate surface area is 193 Å². The van der Waals surface area contributed by atoms with Crippen LogP contribution in [0, 0.1) is 23.4 Å². The summed E-state index contributed by atoms with van der Waals surface area (Å²) < 4.78 is 47.1. The van der Waals surface area contributed by atoms with Gasteiger partial charge in [-0.25, -0.2) is 13.2 Å². The van der Waals surface area contributed by atoms with Crippen LogP contribution in [0.2, 0.25) is 0 Å². The Morgan fingerprint density at radius 1 is 1.12 bits per heavy atom. The largest absolute Gasteiger partial charge is 0.378 e. The van der Waals surface area contributed by atoms with Crippen molar-refractivity contribution in [3.8, 4) is 11.3 Å². The summed E-state index contributed by atoms with van der Waals surface area (Å²) in [6.45, 7) is 0.706. The number of amides is 1. The molecule has 9 heteroatoms. The summed E-state index contributed by atoms with van der Waals surface area (Å²) in [5.41, 5.74) is 3.77. The van der Waals surface area contributed by atoms with Crippen LogP contribution in [-0.2, 0) is 22.7 Å². The van der Waals surface area contributed by atoms with Gasteiger partial charge < -0.3 is 15.0 Å². The van der Waals surface area contributed by atoms with Crippen LogP contribution >= 0.6 is 0 Å². The number of hydrogen-bond donors (Lipinski definition) is 3. The van der Waals surface area contributed by atoms with Gasteiger partial charge in [-0.2, -0.15) is 5.10 Å². The second-order valence-electron chi connectivity index (χ2n) is 8.63. The second kappa shape index (κ2) is 8.98. The number of rotatable bonds is 7. The van der Waals surface area contributed by atoms with Gasteiger partial charge in [-0.15, -0.1) is 0 Å². The molecule has 4 aromatic rings. The van der Waals surface area contributed by atoms with Crippen molar-refractivity contribution >= 4 is 16.8 Å². The van der Waals surface area contributed by atoms with Crippen LogP contribution in [0.5, 0.6) is 0 Å². The molecule has 5 rings (SSSR count). The summed E-state index contributed by atoms with van der Waals surface area (Å²) in [5, 5.41) is 10.3. The Morgan fingerprint density at radius 2 is 1.88 bits per heavy atom. The van der Waals surface area contributed by atoms with Crippen molar-refractivity contribution in [1.29, 1.82) is 0 Å². The van der Waals surface area contributed by atoms with Gasteiger partial charge in [-0.3, -0.25) is 9.89 Å². The third-order valence-electron chi connectivity index (χ3n) is 6.34. The van der Waals surface area contributed by atoms with Crippen molar-refractivity contribution < 1.29 is 22.7 Å². The molecular weight excluding hydrogens is 445 g/mol. The molecule has 0 spiro atoms. The molecule has 2 heterocycles. The fourth-order valence-electron chi connectivity index (χ4n) is 4.62. The fraction of sp³-hybridized carbons (Fsp3) is 0.280. The van der Waals surface area contributed by atoms with Gasteiger partial charge in [0.2, 0.25) is 5.91 Å². The van der Waals surface area contributed by atoms with E-state index in [1.165, 1.54) is 18.2 Å². The molecule has 34 heavy (non-hydrogen) atoms. The Bertz CT molecular complexity index is 1340. The zero-order valence-electron chi connectivity index (χ0n) is 18.4. The van der Waals surface area contributed by atoms with Crippen molar-refractivity contribution in [2.45, 2.75) is 31.9 Å². The first kappa shape index (κ1) is 22.2. The lowest BCUT2D eigenvalue weighted by atomic mass is 9.70. The molecule has 0 atom stereocenters. The van der Waals surface area contributed by atoms with E-state index in [0.29, 0.717) is 42.6 Å². The summed E-state index contributed by atoms with van der Waals surface area (Å²) in [6, 6.07) is 9.82. The number of halogens is 3. The Balaban J connectivity index is 1.35. The molecule has 1 amide bonds. The number of nitrogens with zero attached hydrogens (tertiary/aromatic N) is 1. The van der Waals surface area contributed by atoms with Crippen molar-refractivity contribution in [3.63, 3.8) is 0 Å². The number of benzene rings is 2. The molecule has 1 aliphatic carbocycles. The predicted molar refractivity (Wildman–Crippen MR) is 120 cm³/mol. The molecule has 1 saturated carbocycles. The summed E-state index contributed by atoms with van der Waals surface area (Å²) in [6.07, 6.45) is 1.09. The zero-order chi connectivity index (χ0) is 23.8. The first-order valence-corrected chi connectivity index (χ1v) is 11.0. The maximum Gasteiger partial charge on any atom is 0.223 e. The Hall–Kier alpha value is -3.59. The lowest BCUT2D eigenvalue weighted by molar-refractivity contribution is -0.128. The second-order valence-corrected chi connectivity index (χ2v) is 8.63. The third kappa shape index (κ3) is 4.19. The van der Waals surface area contributed by atoms with Gasteiger partial charge in [0.1, 0.15) is 17.5 Å². The van der Waals surface area contributed by atoms with E-state index in [9.17, 15) is 18.0 Å². The van der Waals surface area contributed by atoms with Crippen molar-refractivity contribution in [3.05, 3.63) is 76.9 Å². The van der Waals surface area contributed by atoms with E-state index in [0.717, 1.165) is 23.0 Å². The summed E-state index contributed by atoms with van der Waals surface area (Å²) in [5.74, 6) is -2.10. The number of carbonyl (C=O) groups excluding carboxylic acids is 1. The highest BCUT2D eigenvalue weighted by Crippen LogP contribution is 2.48. The smallest absolute Gasteiger partial charge is 0.223 e. The molecule has 0 aliphatic heterocycles. The van der Waals surface area contributed by atoms with Gasteiger partial charge in [0.05, 0.1) is 35.8 Å². The zero-order valence-corrected chi connectivity index (χ0v) is 18.4. The van der Waals surface area contributed by atoms with E-state index in [1.807, 2.05) is 6.07 Å². The number of aromatic amines is 2. The lowest BCUT2D eigenvalue weighted by Crippen LogP contribution is -2.37. The maximum absolute atomic E-state index is 14.5. The third-order valence-corrected chi connectivity index (χ3v) is 6.34. The minimum Gasteiger partial charge on any atom is -0.378 e. The van der Waals surface area contributed by atoms with E-state index >= 15 is 0 Å². The van der Waals surface area contributed by atoms with Crippen LogP contribution in [0.3, 0.4) is 0 Å². The maximum atomic E-state index is 14.5. The number of aromatic nitrogens is 3. The quantitative estimate of drug-likeness (QED) is 0.360. The standard InChI is InChI=1S/C25H23F3N4O2/c1-34-12-19-10-18(31-32-19)11-29-25(33)15-6-14(7-15)22-20-8-17(27)9-21(28)24(20)30-23(22)13-2-4-16(26)5-3-13/h2-5,8-10,14-15,30H,6-7,11-12H2,1H3,(H,29,33)(H,31,32). The molecule has 1 fully saturated rings. The van der Waals surface area contributed by atoms with E-state index < -0.39 is 11.6 Å². The highest BCUT2D eigenvalue weighted by molar-refractivity contribution is 5.92. The van der Waals surface area contributed by atoms with Crippen LogP contribution < -0.4 is 5.32 Å². The first-order valence-electron chi connectivity index (χ1n) is 11.0. The van der Waals surface area contributed by atoms with Gasteiger partial charge in [-0.05, 0) is 66.3 Å². The van der Waals surface area contributed by atoms with Gasteiger partial charge in [0.25, 0.3) is 0 Å². The Morgan fingerprint density at radius 3 is 2.62 bits per heavy atom. The minimum atomic E-state index is -0.689. The molecule has 0 bridgehead atoms. The van der Waals surface area contributed by atoms with E-state index in [-0.39, 0.29) is 29.1 Å². The normalized spacial score (nSPS) is 17.6.